The van der Waals surface area contributed by atoms with Crippen molar-refractivity contribution in [2.75, 3.05) is 33.3 Å². The van der Waals surface area contributed by atoms with Crippen molar-refractivity contribution in [3.8, 4) is 0 Å². The molecule has 0 bridgehead atoms. The minimum Gasteiger partial charge on any atom is -0.374 e. The summed E-state index contributed by atoms with van der Waals surface area (Å²) in [6.45, 7) is 3.24. The first-order chi connectivity index (χ1) is 8.65. The van der Waals surface area contributed by atoms with E-state index in [0.717, 1.165) is 45.4 Å². The topological polar surface area (TPSA) is 67.6 Å². The van der Waals surface area contributed by atoms with Gasteiger partial charge in [-0.25, -0.2) is 0 Å². The van der Waals surface area contributed by atoms with E-state index in [-0.39, 0.29) is 36.4 Å². The molecule has 0 radical (unpaired) electrons. The molecule has 3 unspecified atom stereocenters. The molecule has 1 amide bonds. The fraction of sp³-hybridized carbons (Fsp3) is 0.923. The van der Waals surface area contributed by atoms with Crippen LogP contribution in [0.25, 0.3) is 0 Å². The van der Waals surface area contributed by atoms with Crippen molar-refractivity contribution in [3.63, 3.8) is 0 Å². The second kappa shape index (κ2) is 8.04. The molecule has 19 heavy (non-hydrogen) atoms. The highest BCUT2D eigenvalue weighted by molar-refractivity contribution is 5.85. The van der Waals surface area contributed by atoms with E-state index in [1.54, 1.807) is 0 Å². The molecule has 1 aliphatic carbocycles. The zero-order chi connectivity index (χ0) is 13.0. The molecular weight excluding hydrogens is 266 g/mol. The van der Waals surface area contributed by atoms with Gasteiger partial charge in [0.15, 0.2) is 0 Å². The van der Waals surface area contributed by atoms with Gasteiger partial charge in [0.05, 0.1) is 12.7 Å². The largest absolute Gasteiger partial charge is 0.374 e. The number of nitrogens with one attached hydrogen (secondary N) is 1. The third-order valence-electron chi connectivity index (χ3n) is 3.93. The summed E-state index contributed by atoms with van der Waals surface area (Å²) < 4.78 is 5.63. The smallest absolute Gasteiger partial charge is 0.223 e. The average Bonchev–Trinajstić information content (AvgIpc) is 2.36. The Morgan fingerprint density at radius 2 is 2.26 bits per heavy atom. The maximum Gasteiger partial charge on any atom is 0.223 e. The molecule has 0 spiro atoms. The number of carbonyl (C=O) groups is 1. The number of morpholine rings is 1. The van der Waals surface area contributed by atoms with Gasteiger partial charge >= 0.3 is 0 Å². The lowest BCUT2D eigenvalue weighted by Crippen LogP contribution is -2.47. The molecule has 112 valence electrons. The molecule has 5 nitrogen and oxygen atoms in total. The molecule has 1 aliphatic heterocycles. The number of likely N-dealkylation sites (N-methyl/N-ethyl adjacent to an activating group) is 1. The lowest BCUT2D eigenvalue weighted by molar-refractivity contribution is -0.127. The summed E-state index contributed by atoms with van der Waals surface area (Å²) in [6, 6.07) is 0.201. The van der Waals surface area contributed by atoms with Crippen LogP contribution in [0.15, 0.2) is 0 Å². The second-order valence-corrected chi connectivity index (χ2v) is 5.62. The van der Waals surface area contributed by atoms with Crippen LogP contribution in [0.4, 0.5) is 0 Å². The van der Waals surface area contributed by atoms with Crippen LogP contribution in [-0.4, -0.2) is 56.2 Å². The van der Waals surface area contributed by atoms with Crippen LogP contribution in [0.1, 0.15) is 25.7 Å². The van der Waals surface area contributed by atoms with E-state index >= 15 is 0 Å². The Balaban J connectivity index is 0.00000180. The van der Waals surface area contributed by atoms with Crippen LogP contribution < -0.4 is 11.1 Å². The zero-order valence-corrected chi connectivity index (χ0v) is 12.5. The maximum absolute atomic E-state index is 12.0. The van der Waals surface area contributed by atoms with Crippen LogP contribution in [0.5, 0.6) is 0 Å². The predicted molar refractivity (Wildman–Crippen MR) is 77.4 cm³/mol. The SMILES string of the molecule is CN1CCOC(CNC(=O)C2CCCC(N)C2)C1.Cl. The van der Waals surface area contributed by atoms with Crippen molar-refractivity contribution >= 4 is 18.3 Å². The molecule has 1 saturated heterocycles. The number of amides is 1. The van der Waals surface area contributed by atoms with E-state index in [4.69, 9.17) is 10.5 Å². The summed E-state index contributed by atoms with van der Waals surface area (Å²) in [5, 5.41) is 3.02. The van der Waals surface area contributed by atoms with Crippen molar-refractivity contribution in [1.29, 1.82) is 0 Å². The molecule has 6 heteroatoms. The molecule has 1 heterocycles. The summed E-state index contributed by atoms with van der Waals surface area (Å²) in [4.78, 5) is 14.3. The van der Waals surface area contributed by atoms with Crippen molar-refractivity contribution in [1.82, 2.24) is 10.2 Å². The number of rotatable bonds is 3. The van der Waals surface area contributed by atoms with E-state index in [9.17, 15) is 4.79 Å². The van der Waals surface area contributed by atoms with Crippen molar-refractivity contribution in [2.24, 2.45) is 11.7 Å². The summed E-state index contributed by atoms with van der Waals surface area (Å²) in [6.07, 6.45) is 4.06. The first-order valence-corrected chi connectivity index (χ1v) is 6.98. The van der Waals surface area contributed by atoms with Gasteiger partial charge in [-0.3, -0.25) is 4.79 Å². The summed E-state index contributed by atoms with van der Waals surface area (Å²) in [7, 11) is 2.08. The van der Waals surface area contributed by atoms with Gasteiger partial charge in [-0.15, -0.1) is 12.4 Å². The van der Waals surface area contributed by atoms with E-state index in [1.165, 1.54) is 0 Å². The minimum atomic E-state index is 0. The van der Waals surface area contributed by atoms with E-state index in [1.807, 2.05) is 0 Å². The summed E-state index contributed by atoms with van der Waals surface area (Å²) >= 11 is 0. The number of ether oxygens (including phenoxy) is 1. The quantitative estimate of drug-likeness (QED) is 0.788. The predicted octanol–water partition coefficient (Wildman–Crippen LogP) is 0.373. The van der Waals surface area contributed by atoms with Gasteiger partial charge in [0, 0.05) is 31.6 Å². The third kappa shape index (κ3) is 5.26. The molecule has 0 aromatic heterocycles. The monoisotopic (exact) mass is 291 g/mol. The van der Waals surface area contributed by atoms with Crippen LogP contribution in [0, 0.1) is 5.92 Å². The van der Waals surface area contributed by atoms with E-state index in [2.05, 4.69) is 17.3 Å². The lowest BCUT2D eigenvalue weighted by Gasteiger charge is -2.31. The van der Waals surface area contributed by atoms with Gasteiger partial charge in [-0.05, 0) is 26.3 Å². The van der Waals surface area contributed by atoms with Crippen LogP contribution >= 0.6 is 12.4 Å². The van der Waals surface area contributed by atoms with Gasteiger partial charge in [-0.2, -0.15) is 0 Å². The molecular formula is C13H26ClN3O2. The van der Waals surface area contributed by atoms with Gasteiger partial charge < -0.3 is 20.7 Å². The number of hydrogen-bond acceptors (Lipinski definition) is 4. The zero-order valence-electron chi connectivity index (χ0n) is 11.6. The highest BCUT2D eigenvalue weighted by Crippen LogP contribution is 2.23. The van der Waals surface area contributed by atoms with Gasteiger partial charge in [-0.1, -0.05) is 6.42 Å². The molecule has 0 aromatic carbocycles. The van der Waals surface area contributed by atoms with Crippen molar-refractivity contribution < 1.29 is 9.53 Å². The van der Waals surface area contributed by atoms with E-state index in [0.29, 0.717) is 6.54 Å². The average molecular weight is 292 g/mol. The molecule has 2 fully saturated rings. The van der Waals surface area contributed by atoms with E-state index < -0.39 is 0 Å². The normalized spacial score (nSPS) is 32.4. The lowest BCUT2D eigenvalue weighted by atomic mass is 9.85. The number of carbonyl (C=O) groups excluding carboxylic acids is 1. The molecule has 2 rings (SSSR count). The Hall–Kier alpha value is -0.360. The Morgan fingerprint density at radius 1 is 1.47 bits per heavy atom. The Labute approximate surface area is 121 Å². The van der Waals surface area contributed by atoms with Crippen LogP contribution in [0.3, 0.4) is 0 Å². The van der Waals surface area contributed by atoms with Crippen molar-refractivity contribution in [3.05, 3.63) is 0 Å². The molecule has 0 aromatic rings. The molecule has 3 N–H and O–H groups in total. The number of halogens is 1. The van der Waals surface area contributed by atoms with Gasteiger partial charge in [0.2, 0.25) is 5.91 Å². The molecule has 1 saturated carbocycles. The highest BCUT2D eigenvalue weighted by Gasteiger charge is 2.26. The Morgan fingerprint density at radius 3 is 2.95 bits per heavy atom. The van der Waals surface area contributed by atoms with Gasteiger partial charge in [0.1, 0.15) is 0 Å². The Kier molecular flexibility index (Phi) is 7.07. The standard InChI is InChI=1S/C13H25N3O2.ClH/c1-16-5-6-18-12(9-16)8-15-13(17)10-3-2-4-11(14)7-10;/h10-12H,2-9,14H2,1H3,(H,15,17);1H. The number of hydrogen-bond donors (Lipinski definition) is 2. The van der Waals surface area contributed by atoms with Crippen LogP contribution in [-0.2, 0) is 9.53 Å². The first kappa shape index (κ1) is 16.7. The summed E-state index contributed by atoms with van der Waals surface area (Å²) in [5.74, 6) is 0.261. The molecule has 2 aliphatic rings. The second-order valence-electron chi connectivity index (χ2n) is 5.62. The molecule has 3 atom stereocenters. The third-order valence-corrected chi connectivity index (χ3v) is 3.93. The minimum absolute atomic E-state index is 0. The number of nitrogens with two attached hydrogens (primary N) is 1. The fourth-order valence-electron chi connectivity index (χ4n) is 2.81. The van der Waals surface area contributed by atoms with Gasteiger partial charge in [0.25, 0.3) is 0 Å². The maximum atomic E-state index is 12.0. The first-order valence-electron chi connectivity index (χ1n) is 6.98. The van der Waals surface area contributed by atoms with Crippen molar-refractivity contribution in [2.45, 2.75) is 37.8 Å². The highest BCUT2D eigenvalue weighted by atomic mass is 35.5. The summed E-state index contributed by atoms with van der Waals surface area (Å²) in [5.41, 5.74) is 5.91. The number of nitrogens with zero attached hydrogens (tertiary/aromatic N) is 1. The fourth-order valence-corrected chi connectivity index (χ4v) is 2.81. The Bertz CT molecular complexity index is 291. The van der Waals surface area contributed by atoms with Crippen LogP contribution in [0.2, 0.25) is 0 Å².